The molecule has 0 radical (unpaired) electrons. The van der Waals surface area contributed by atoms with Gasteiger partial charge in [0.1, 0.15) is 18.7 Å². The van der Waals surface area contributed by atoms with Gasteiger partial charge in [-0.15, -0.1) is 0 Å². The van der Waals surface area contributed by atoms with Gasteiger partial charge < -0.3 is 9.30 Å². The number of ether oxygens (including phenoxy) is 1. The molecule has 0 bridgehead atoms. The Morgan fingerprint density at radius 3 is 2.42 bits per heavy atom. The molecule has 2 heterocycles. The standard InChI is InChI=1S/C28H29N2O3/c1-15-8-10-21-18(12-15)24(16(2)29(21)5)25-26(31)19(27(25)32)14-23-28(3,4)20-13-17(33-7)9-11-22(20)30(23)6/h8-14,25H,1-7H3/q+1. The third kappa shape index (κ3) is 2.81. The van der Waals surface area contributed by atoms with Crippen LogP contribution in [0.4, 0.5) is 5.69 Å². The van der Waals surface area contributed by atoms with Crippen LogP contribution in [0, 0.1) is 13.8 Å². The van der Waals surface area contributed by atoms with Crippen molar-refractivity contribution >= 4 is 33.9 Å². The predicted molar refractivity (Wildman–Crippen MR) is 130 cm³/mol. The molecule has 3 aromatic rings. The molecule has 5 heteroatoms. The van der Waals surface area contributed by atoms with E-state index in [1.807, 2.05) is 46.1 Å². The quantitative estimate of drug-likeness (QED) is 0.257. The first kappa shape index (κ1) is 21.4. The first-order chi connectivity index (χ1) is 15.6. The second kappa shape index (κ2) is 7.01. The molecule has 33 heavy (non-hydrogen) atoms. The van der Waals surface area contributed by atoms with Gasteiger partial charge in [-0.2, -0.15) is 4.58 Å². The molecule has 1 aliphatic carbocycles. The third-order valence-electron chi connectivity index (χ3n) is 7.56. The summed E-state index contributed by atoms with van der Waals surface area (Å²) in [6.07, 6.45) is 1.80. The lowest BCUT2D eigenvalue weighted by atomic mass is 9.70. The number of allylic oxidation sites excluding steroid dienone is 2. The summed E-state index contributed by atoms with van der Waals surface area (Å²) in [5, 5.41) is 0.992. The van der Waals surface area contributed by atoms with E-state index in [0.717, 1.165) is 50.4 Å². The van der Waals surface area contributed by atoms with Crippen molar-refractivity contribution in [1.82, 2.24) is 4.57 Å². The summed E-state index contributed by atoms with van der Waals surface area (Å²) in [7, 11) is 5.62. The van der Waals surface area contributed by atoms with Gasteiger partial charge in [0, 0.05) is 41.4 Å². The average Bonchev–Trinajstić information content (AvgIpc) is 3.13. The smallest absolute Gasteiger partial charge is 0.209 e. The van der Waals surface area contributed by atoms with Crippen LogP contribution in [-0.2, 0) is 22.1 Å². The molecular weight excluding hydrogens is 412 g/mol. The highest BCUT2D eigenvalue weighted by Gasteiger charge is 2.50. The number of aromatic nitrogens is 1. The highest BCUT2D eigenvalue weighted by Crippen LogP contribution is 2.44. The number of Topliss-reactive ketones (excluding diaryl/α,β-unsaturated/α-hetero) is 2. The zero-order valence-corrected chi connectivity index (χ0v) is 20.2. The lowest BCUT2D eigenvalue weighted by Gasteiger charge is -2.27. The minimum absolute atomic E-state index is 0.0951. The van der Waals surface area contributed by atoms with Gasteiger partial charge >= 0.3 is 0 Å². The number of nitrogens with zero attached hydrogens (tertiary/aromatic N) is 2. The molecule has 0 unspecified atom stereocenters. The van der Waals surface area contributed by atoms with Gasteiger partial charge in [0.25, 0.3) is 0 Å². The number of hydrogen-bond acceptors (Lipinski definition) is 3. The van der Waals surface area contributed by atoms with Gasteiger partial charge in [-0.05, 0) is 57.5 Å². The number of ketones is 2. The number of carbonyl (C=O) groups is 2. The minimum Gasteiger partial charge on any atom is -0.497 e. The van der Waals surface area contributed by atoms with E-state index in [2.05, 4.69) is 41.2 Å². The summed E-state index contributed by atoms with van der Waals surface area (Å²) in [4.78, 5) is 26.8. The Bertz CT molecular complexity index is 1430. The maximum atomic E-state index is 13.4. The maximum Gasteiger partial charge on any atom is 0.209 e. The first-order valence-electron chi connectivity index (χ1n) is 11.2. The highest BCUT2D eigenvalue weighted by molar-refractivity contribution is 6.44. The van der Waals surface area contributed by atoms with Crippen molar-refractivity contribution in [3.05, 3.63) is 70.4 Å². The fourth-order valence-electron chi connectivity index (χ4n) is 5.49. The average molecular weight is 442 g/mol. The number of carbonyl (C=O) groups excluding carboxylic acids is 2. The van der Waals surface area contributed by atoms with Crippen LogP contribution < -0.4 is 4.74 Å². The Morgan fingerprint density at radius 1 is 1.06 bits per heavy atom. The summed E-state index contributed by atoms with van der Waals surface area (Å²) in [6, 6.07) is 12.2. The van der Waals surface area contributed by atoms with Crippen LogP contribution in [0.2, 0.25) is 0 Å². The van der Waals surface area contributed by atoms with Gasteiger partial charge in [-0.25, -0.2) is 0 Å². The Balaban J connectivity index is 1.57. The van der Waals surface area contributed by atoms with Crippen LogP contribution in [0.25, 0.3) is 10.9 Å². The van der Waals surface area contributed by atoms with E-state index in [0.29, 0.717) is 5.57 Å². The van der Waals surface area contributed by atoms with Crippen LogP contribution in [0.1, 0.15) is 42.1 Å². The molecule has 0 N–H and O–H groups in total. The van der Waals surface area contributed by atoms with Crippen LogP contribution >= 0.6 is 0 Å². The molecular formula is C28H29N2O3+. The molecule has 168 valence electrons. The number of fused-ring (bicyclic) bond motifs is 2. The largest absolute Gasteiger partial charge is 0.497 e. The number of methoxy groups -OCH3 is 1. The molecule has 1 saturated carbocycles. The van der Waals surface area contributed by atoms with Crippen LogP contribution in [0.5, 0.6) is 5.75 Å². The molecule has 0 spiro atoms. The summed E-state index contributed by atoms with van der Waals surface area (Å²) in [6.45, 7) is 8.25. The summed E-state index contributed by atoms with van der Waals surface area (Å²) >= 11 is 0. The first-order valence-corrected chi connectivity index (χ1v) is 11.2. The van der Waals surface area contributed by atoms with Crippen molar-refractivity contribution in [3.8, 4) is 5.75 Å². The molecule has 1 aliphatic heterocycles. The molecule has 2 aliphatic rings. The zero-order valence-electron chi connectivity index (χ0n) is 20.2. The fraction of sp³-hybridized carbons (Fsp3) is 0.321. The lowest BCUT2D eigenvalue weighted by molar-refractivity contribution is -0.401. The number of hydrogen-bond donors (Lipinski definition) is 0. The highest BCUT2D eigenvalue weighted by atomic mass is 16.5. The number of benzene rings is 2. The van der Waals surface area contributed by atoms with E-state index in [1.54, 1.807) is 13.2 Å². The van der Waals surface area contributed by atoms with Crippen molar-refractivity contribution in [2.45, 2.75) is 39.0 Å². The predicted octanol–water partition coefficient (Wildman–Crippen LogP) is 4.67. The third-order valence-corrected chi connectivity index (χ3v) is 7.56. The summed E-state index contributed by atoms with van der Waals surface area (Å²) < 4.78 is 9.56. The second-order valence-corrected chi connectivity index (χ2v) is 9.75. The SMILES string of the molecule is COc1ccc2c(c1)C(C)(C)C(C=C1C(=O)C(c3c(C)n(C)c4ccc(C)cc34)C1=O)=[N+]2C. The lowest BCUT2D eigenvalue weighted by Crippen LogP contribution is -2.41. The Kier molecular flexibility index (Phi) is 4.54. The van der Waals surface area contributed by atoms with Crippen molar-refractivity contribution < 1.29 is 18.9 Å². The summed E-state index contributed by atoms with van der Waals surface area (Å²) in [5.74, 6) is -0.119. The van der Waals surface area contributed by atoms with E-state index in [4.69, 9.17) is 4.74 Å². The molecule has 0 atom stereocenters. The topological polar surface area (TPSA) is 51.3 Å². The Hall–Kier alpha value is -3.47. The zero-order chi connectivity index (χ0) is 23.8. The fourth-order valence-corrected chi connectivity index (χ4v) is 5.49. The number of rotatable bonds is 3. The van der Waals surface area contributed by atoms with Crippen molar-refractivity contribution in [3.63, 3.8) is 0 Å². The normalized spacial score (nSPS) is 19.2. The van der Waals surface area contributed by atoms with Crippen molar-refractivity contribution in [2.24, 2.45) is 7.05 Å². The van der Waals surface area contributed by atoms with E-state index < -0.39 is 5.92 Å². The van der Waals surface area contributed by atoms with E-state index in [9.17, 15) is 9.59 Å². The van der Waals surface area contributed by atoms with Gasteiger partial charge in [-0.1, -0.05) is 11.6 Å². The van der Waals surface area contributed by atoms with Crippen LogP contribution in [0.15, 0.2) is 48.0 Å². The number of aryl methyl sites for hydroxylation is 2. The molecule has 1 aromatic heterocycles. The Labute approximate surface area is 194 Å². The van der Waals surface area contributed by atoms with Gasteiger partial charge in [0.15, 0.2) is 17.3 Å². The van der Waals surface area contributed by atoms with Crippen LogP contribution in [-0.4, -0.2) is 40.6 Å². The molecule has 0 saturated heterocycles. The molecule has 2 aromatic carbocycles. The van der Waals surface area contributed by atoms with Crippen molar-refractivity contribution in [1.29, 1.82) is 0 Å². The van der Waals surface area contributed by atoms with Crippen LogP contribution in [0.3, 0.4) is 0 Å². The maximum absolute atomic E-state index is 13.4. The minimum atomic E-state index is -0.723. The van der Waals surface area contributed by atoms with Crippen molar-refractivity contribution in [2.75, 3.05) is 14.2 Å². The van der Waals surface area contributed by atoms with Gasteiger partial charge in [-0.3, -0.25) is 9.59 Å². The molecule has 5 rings (SSSR count). The Morgan fingerprint density at radius 2 is 1.76 bits per heavy atom. The molecule has 0 amide bonds. The van der Waals surface area contributed by atoms with Gasteiger partial charge in [0.2, 0.25) is 5.69 Å². The summed E-state index contributed by atoms with van der Waals surface area (Å²) in [5.41, 5.74) is 7.02. The second-order valence-electron chi connectivity index (χ2n) is 9.75. The molecule has 5 nitrogen and oxygen atoms in total. The monoisotopic (exact) mass is 441 g/mol. The van der Waals surface area contributed by atoms with E-state index >= 15 is 0 Å². The van der Waals surface area contributed by atoms with E-state index in [-0.39, 0.29) is 17.0 Å². The van der Waals surface area contributed by atoms with E-state index in [1.165, 1.54) is 0 Å². The van der Waals surface area contributed by atoms with Gasteiger partial charge in [0.05, 0.1) is 18.1 Å². The molecule has 1 fully saturated rings.